The second-order valence-corrected chi connectivity index (χ2v) is 9.98. The minimum atomic E-state index is -3.59. The van der Waals surface area contributed by atoms with Crippen molar-refractivity contribution in [3.8, 4) is 0 Å². The van der Waals surface area contributed by atoms with Crippen LogP contribution < -0.4 is 9.62 Å². The predicted molar refractivity (Wildman–Crippen MR) is 128 cm³/mol. The van der Waals surface area contributed by atoms with E-state index in [2.05, 4.69) is 5.32 Å². The first-order chi connectivity index (χ1) is 15.5. The van der Waals surface area contributed by atoms with E-state index in [1.54, 1.807) is 50.2 Å². The Kier molecular flexibility index (Phi) is 9.67. The smallest absolute Gasteiger partial charge is 0.242 e. The van der Waals surface area contributed by atoms with Gasteiger partial charge in [-0.2, -0.15) is 0 Å². The summed E-state index contributed by atoms with van der Waals surface area (Å²) in [5.41, 5.74) is 1.09. The molecule has 0 saturated heterocycles. The molecule has 0 aromatic heterocycles. The standard InChI is InChI=1S/C23H29ClFN3O4S/c1-4-26-23(30)17(2)27(16-18-10-12-20(25)13-11-18)22(29)9-6-14-28(33(3,31)32)21-8-5-7-19(24)15-21/h5,7-8,10-13,15,17H,4,6,9,14,16H2,1-3H3,(H,26,30)/t17-/m0/s1. The van der Waals surface area contributed by atoms with Crippen molar-refractivity contribution in [2.24, 2.45) is 0 Å². The minimum absolute atomic E-state index is 0.0253. The van der Waals surface area contributed by atoms with Crippen LogP contribution >= 0.6 is 11.6 Å². The molecule has 7 nitrogen and oxygen atoms in total. The van der Waals surface area contributed by atoms with Crippen LogP contribution in [0.25, 0.3) is 0 Å². The highest BCUT2D eigenvalue weighted by Crippen LogP contribution is 2.22. The number of amides is 2. The normalized spacial score (nSPS) is 12.2. The van der Waals surface area contributed by atoms with Crippen molar-refractivity contribution < 1.29 is 22.4 Å². The van der Waals surface area contributed by atoms with Gasteiger partial charge in [-0.05, 0) is 56.2 Å². The Morgan fingerprint density at radius 2 is 1.82 bits per heavy atom. The molecule has 0 unspecified atom stereocenters. The van der Waals surface area contributed by atoms with Crippen LogP contribution in [0.4, 0.5) is 10.1 Å². The first kappa shape index (κ1) is 26.6. The van der Waals surface area contributed by atoms with E-state index in [0.717, 1.165) is 6.26 Å². The van der Waals surface area contributed by atoms with E-state index < -0.39 is 21.9 Å². The third-order valence-electron chi connectivity index (χ3n) is 5.03. The molecule has 0 fully saturated rings. The highest BCUT2D eigenvalue weighted by Gasteiger charge is 2.26. The van der Waals surface area contributed by atoms with Crippen LogP contribution in [0.1, 0.15) is 32.3 Å². The molecule has 2 aromatic rings. The zero-order chi connectivity index (χ0) is 24.6. The van der Waals surface area contributed by atoms with Crippen LogP contribution in [0.5, 0.6) is 0 Å². The lowest BCUT2D eigenvalue weighted by Crippen LogP contribution is -2.47. The highest BCUT2D eigenvalue weighted by molar-refractivity contribution is 7.92. The molecule has 0 saturated carbocycles. The third kappa shape index (κ3) is 8.01. The Hall–Kier alpha value is -2.65. The van der Waals surface area contributed by atoms with Gasteiger partial charge in [0.2, 0.25) is 21.8 Å². The predicted octanol–water partition coefficient (Wildman–Crippen LogP) is 3.58. The monoisotopic (exact) mass is 497 g/mol. The number of hydrogen-bond acceptors (Lipinski definition) is 4. The summed E-state index contributed by atoms with van der Waals surface area (Å²) in [6, 6.07) is 11.4. The molecule has 0 spiro atoms. The number of hydrogen-bond donors (Lipinski definition) is 1. The number of halogens is 2. The van der Waals surface area contributed by atoms with Crippen LogP contribution in [0.2, 0.25) is 5.02 Å². The molecule has 0 aliphatic carbocycles. The molecule has 0 aliphatic rings. The average molecular weight is 498 g/mol. The van der Waals surface area contributed by atoms with Crippen molar-refractivity contribution in [1.29, 1.82) is 0 Å². The van der Waals surface area contributed by atoms with E-state index in [9.17, 15) is 22.4 Å². The zero-order valence-corrected chi connectivity index (χ0v) is 20.5. The topological polar surface area (TPSA) is 86.8 Å². The summed E-state index contributed by atoms with van der Waals surface area (Å²) in [7, 11) is -3.59. The van der Waals surface area contributed by atoms with Gasteiger partial charge in [-0.15, -0.1) is 0 Å². The summed E-state index contributed by atoms with van der Waals surface area (Å²) < 4.78 is 39.1. The van der Waals surface area contributed by atoms with Gasteiger partial charge in [-0.3, -0.25) is 13.9 Å². The second kappa shape index (κ2) is 12.0. The summed E-state index contributed by atoms with van der Waals surface area (Å²) in [6.07, 6.45) is 1.35. The molecule has 0 radical (unpaired) electrons. The van der Waals surface area contributed by atoms with Crippen LogP contribution in [-0.2, 0) is 26.2 Å². The fourth-order valence-corrected chi connectivity index (χ4v) is 4.47. The highest BCUT2D eigenvalue weighted by atomic mass is 35.5. The molecule has 1 N–H and O–H groups in total. The van der Waals surface area contributed by atoms with Crippen molar-refractivity contribution >= 4 is 39.1 Å². The van der Waals surface area contributed by atoms with Crippen molar-refractivity contribution in [2.75, 3.05) is 23.7 Å². The minimum Gasteiger partial charge on any atom is -0.355 e. The number of anilines is 1. The molecule has 2 amide bonds. The van der Waals surface area contributed by atoms with E-state index in [-0.39, 0.29) is 37.7 Å². The second-order valence-electron chi connectivity index (χ2n) is 7.64. The largest absolute Gasteiger partial charge is 0.355 e. The molecule has 33 heavy (non-hydrogen) atoms. The van der Waals surface area contributed by atoms with Gasteiger partial charge >= 0.3 is 0 Å². The van der Waals surface area contributed by atoms with Crippen LogP contribution in [0.15, 0.2) is 48.5 Å². The summed E-state index contributed by atoms with van der Waals surface area (Å²) in [6.45, 7) is 4.03. The molecular weight excluding hydrogens is 469 g/mol. The van der Waals surface area contributed by atoms with Crippen LogP contribution in [-0.4, -0.2) is 50.5 Å². The molecule has 0 aliphatic heterocycles. The van der Waals surface area contributed by atoms with Crippen LogP contribution in [0, 0.1) is 5.82 Å². The average Bonchev–Trinajstić information content (AvgIpc) is 2.75. The molecule has 2 rings (SSSR count). The Bertz CT molecular complexity index is 1060. The summed E-state index contributed by atoms with van der Waals surface area (Å²) in [5.74, 6) is -1.00. The van der Waals surface area contributed by atoms with Gasteiger partial charge in [0, 0.05) is 31.1 Å². The number of carbonyl (C=O) groups is 2. The number of sulfonamides is 1. The first-order valence-corrected chi connectivity index (χ1v) is 12.8. The van der Waals surface area contributed by atoms with Crippen molar-refractivity contribution in [2.45, 2.75) is 39.3 Å². The van der Waals surface area contributed by atoms with E-state index in [1.807, 2.05) is 0 Å². The number of nitrogens with one attached hydrogen (secondary N) is 1. The molecular formula is C23H29ClFN3O4S. The summed E-state index contributed by atoms with van der Waals surface area (Å²) in [4.78, 5) is 26.9. The van der Waals surface area contributed by atoms with Gasteiger partial charge in [0.25, 0.3) is 0 Å². The van der Waals surface area contributed by atoms with Gasteiger partial charge in [0.15, 0.2) is 0 Å². The van der Waals surface area contributed by atoms with Gasteiger partial charge < -0.3 is 10.2 Å². The Balaban J connectivity index is 2.14. The van der Waals surface area contributed by atoms with E-state index in [1.165, 1.54) is 21.3 Å². The number of likely N-dealkylation sites (N-methyl/N-ethyl adjacent to an activating group) is 1. The molecule has 2 aromatic carbocycles. The fourth-order valence-electron chi connectivity index (χ4n) is 3.33. The van der Waals surface area contributed by atoms with Gasteiger partial charge in [-0.25, -0.2) is 12.8 Å². The van der Waals surface area contributed by atoms with Crippen molar-refractivity contribution in [1.82, 2.24) is 10.2 Å². The maximum atomic E-state index is 13.3. The Morgan fingerprint density at radius 3 is 2.39 bits per heavy atom. The van der Waals surface area contributed by atoms with E-state index in [4.69, 9.17) is 11.6 Å². The van der Waals surface area contributed by atoms with E-state index in [0.29, 0.717) is 22.8 Å². The number of carbonyl (C=O) groups excluding carboxylic acids is 2. The lowest BCUT2D eigenvalue weighted by molar-refractivity contribution is -0.140. The quantitative estimate of drug-likeness (QED) is 0.514. The van der Waals surface area contributed by atoms with Gasteiger partial charge in [0.05, 0.1) is 11.9 Å². The molecule has 0 bridgehead atoms. The molecule has 0 heterocycles. The Labute approximate surface area is 199 Å². The third-order valence-corrected chi connectivity index (χ3v) is 6.46. The number of nitrogens with zero attached hydrogens (tertiary/aromatic N) is 2. The molecule has 180 valence electrons. The lowest BCUT2D eigenvalue weighted by Gasteiger charge is -2.29. The molecule has 1 atom stereocenters. The molecule has 10 heteroatoms. The van der Waals surface area contributed by atoms with Crippen molar-refractivity contribution in [3.63, 3.8) is 0 Å². The lowest BCUT2D eigenvalue weighted by atomic mass is 10.1. The number of rotatable bonds is 11. The van der Waals surface area contributed by atoms with E-state index >= 15 is 0 Å². The maximum absolute atomic E-state index is 13.3. The van der Waals surface area contributed by atoms with Crippen molar-refractivity contribution in [3.05, 3.63) is 64.9 Å². The number of benzene rings is 2. The Morgan fingerprint density at radius 1 is 1.15 bits per heavy atom. The van der Waals surface area contributed by atoms with Gasteiger partial charge in [-0.1, -0.05) is 29.8 Å². The van der Waals surface area contributed by atoms with Crippen LogP contribution in [0.3, 0.4) is 0 Å². The summed E-state index contributed by atoms with van der Waals surface area (Å²) in [5, 5.41) is 3.11. The zero-order valence-electron chi connectivity index (χ0n) is 18.9. The first-order valence-electron chi connectivity index (χ1n) is 10.6. The maximum Gasteiger partial charge on any atom is 0.242 e. The fraction of sp³-hybridized carbons (Fsp3) is 0.391. The SMILES string of the molecule is CCNC(=O)[C@H](C)N(Cc1ccc(F)cc1)C(=O)CCCN(c1cccc(Cl)c1)S(C)(=O)=O. The summed E-state index contributed by atoms with van der Waals surface area (Å²) >= 11 is 6.00. The van der Waals surface area contributed by atoms with Gasteiger partial charge in [0.1, 0.15) is 11.9 Å².